The molecule has 0 aliphatic rings. The van der Waals surface area contributed by atoms with Crippen molar-refractivity contribution in [2.45, 2.75) is 4.90 Å². The number of hydrogen-bond donors (Lipinski definition) is 1. The molecule has 7 heteroatoms. The van der Waals surface area contributed by atoms with Gasteiger partial charge in [-0.1, -0.05) is 24.3 Å². The van der Waals surface area contributed by atoms with Crippen molar-refractivity contribution in [3.05, 3.63) is 79.4 Å². The van der Waals surface area contributed by atoms with E-state index >= 15 is 0 Å². The molecule has 0 spiro atoms. The number of hydrogen-bond acceptors (Lipinski definition) is 4. The summed E-state index contributed by atoms with van der Waals surface area (Å²) in [6, 6.07) is 16.0. The highest BCUT2D eigenvalue weighted by Gasteiger charge is 2.17. The van der Waals surface area contributed by atoms with Crippen LogP contribution in [0.25, 0.3) is 16.9 Å². The Kier molecular flexibility index (Phi) is 3.70. The third-order valence-corrected chi connectivity index (χ3v) is 5.11. The number of anilines is 1. The predicted octanol–water partition coefficient (Wildman–Crippen LogP) is 3.20. The maximum Gasteiger partial charge on any atom is 0.263 e. The monoisotopic (exact) mass is 350 g/mol. The molecule has 4 rings (SSSR count). The Balaban J connectivity index is 1.77. The third-order valence-electron chi connectivity index (χ3n) is 3.76. The van der Waals surface area contributed by atoms with E-state index in [-0.39, 0.29) is 4.90 Å². The van der Waals surface area contributed by atoms with E-state index in [4.69, 9.17) is 0 Å². The molecular weight excluding hydrogens is 336 g/mol. The fourth-order valence-corrected chi connectivity index (χ4v) is 3.61. The highest BCUT2D eigenvalue weighted by molar-refractivity contribution is 7.92. The van der Waals surface area contributed by atoms with Gasteiger partial charge in [-0.05, 0) is 30.3 Å². The molecule has 0 saturated heterocycles. The van der Waals surface area contributed by atoms with E-state index in [9.17, 15) is 8.42 Å². The summed E-state index contributed by atoms with van der Waals surface area (Å²) < 4.78 is 29.7. The minimum atomic E-state index is -3.72. The Bertz CT molecular complexity index is 1100. The molecule has 0 fully saturated rings. The normalized spacial score (nSPS) is 11.5. The van der Waals surface area contributed by atoms with Crippen molar-refractivity contribution < 1.29 is 8.42 Å². The van der Waals surface area contributed by atoms with Gasteiger partial charge >= 0.3 is 0 Å². The highest BCUT2D eigenvalue weighted by atomic mass is 32.2. The van der Waals surface area contributed by atoms with Gasteiger partial charge < -0.3 is 4.40 Å². The fourth-order valence-electron chi connectivity index (χ4n) is 2.57. The van der Waals surface area contributed by atoms with Crippen LogP contribution in [-0.4, -0.2) is 22.8 Å². The minimum absolute atomic E-state index is 0.111. The molecule has 3 aromatic heterocycles. The average Bonchev–Trinajstić information content (AvgIpc) is 3.06. The molecular formula is C18H14N4O2S. The molecule has 0 atom stereocenters. The van der Waals surface area contributed by atoms with Gasteiger partial charge in [0.2, 0.25) is 0 Å². The van der Waals surface area contributed by atoms with E-state index in [0.717, 1.165) is 5.65 Å². The molecule has 4 aromatic rings. The third kappa shape index (κ3) is 2.97. The zero-order chi connectivity index (χ0) is 17.3. The molecule has 3 heterocycles. The SMILES string of the molecule is O=S(=O)(Nc1ccccc1-c1cn2ccccc2n1)c1cccnc1. The van der Waals surface area contributed by atoms with Crippen molar-refractivity contribution in [2.75, 3.05) is 4.72 Å². The molecule has 124 valence electrons. The molecule has 0 saturated carbocycles. The number of sulfonamides is 1. The van der Waals surface area contributed by atoms with Gasteiger partial charge in [-0.15, -0.1) is 0 Å². The molecule has 1 aromatic carbocycles. The summed E-state index contributed by atoms with van der Waals surface area (Å²) in [5.74, 6) is 0. The Hall–Kier alpha value is -3.19. The number of nitrogens with one attached hydrogen (secondary N) is 1. The van der Waals surface area contributed by atoms with Crippen LogP contribution in [0, 0.1) is 0 Å². The molecule has 0 amide bonds. The number of fused-ring (bicyclic) bond motifs is 1. The molecule has 6 nitrogen and oxygen atoms in total. The van der Waals surface area contributed by atoms with E-state index in [2.05, 4.69) is 14.7 Å². The second-order valence-electron chi connectivity index (χ2n) is 5.43. The lowest BCUT2D eigenvalue weighted by atomic mass is 10.1. The quantitative estimate of drug-likeness (QED) is 0.613. The van der Waals surface area contributed by atoms with Crippen LogP contribution in [0.4, 0.5) is 5.69 Å². The van der Waals surface area contributed by atoms with Gasteiger partial charge in [-0.25, -0.2) is 13.4 Å². The summed E-state index contributed by atoms with van der Waals surface area (Å²) >= 11 is 0. The van der Waals surface area contributed by atoms with Crippen LogP contribution in [0.5, 0.6) is 0 Å². The van der Waals surface area contributed by atoms with Crippen molar-refractivity contribution in [1.82, 2.24) is 14.4 Å². The first-order chi connectivity index (χ1) is 12.1. The minimum Gasteiger partial charge on any atom is -0.306 e. The summed E-state index contributed by atoms with van der Waals surface area (Å²) in [4.78, 5) is 8.54. The Morgan fingerprint density at radius 3 is 2.60 bits per heavy atom. The van der Waals surface area contributed by atoms with Crippen molar-refractivity contribution >= 4 is 21.4 Å². The van der Waals surface area contributed by atoms with Crippen LogP contribution >= 0.6 is 0 Å². The number of para-hydroxylation sites is 1. The van der Waals surface area contributed by atoms with Crippen molar-refractivity contribution in [1.29, 1.82) is 0 Å². The average molecular weight is 350 g/mol. The van der Waals surface area contributed by atoms with Gasteiger partial charge in [-0.2, -0.15) is 0 Å². The van der Waals surface area contributed by atoms with Crippen LogP contribution in [0.1, 0.15) is 0 Å². The first kappa shape index (κ1) is 15.3. The lowest BCUT2D eigenvalue weighted by Crippen LogP contribution is -2.13. The van der Waals surface area contributed by atoms with E-state index in [1.165, 1.54) is 18.5 Å². The standard InChI is InChI=1S/C18H14N4O2S/c23-25(24,14-6-5-10-19-12-14)21-16-8-2-1-7-15(16)17-13-22-11-4-3-9-18(22)20-17/h1-13,21H. The topological polar surface area (TPSA) is 76.4 Å². The number of aromatic nitrogens is 3. The highest BCUT2D eigenvalue weighted by Crippen LogP contribution is 2.29. The Labute approximate surface area is 144 Å². The first-order valence-corrected chi connectivity index (χ1v) is 9.08. The van der Waals surface area contributed by atoms with Crippen LogP contribution in [0.15, 0.2) is 84.3 Å². The molecule has 25 heavy (non-hydrogen) atoms. The molecule has 0 bridgehead atoms. The summed E-state index contributed by atoms with van der Waals surface area (Å²) in [5.41, 5.74) is 2.66. The zero-order valence-electron chi connectivity index (χ0n) is 13.1. The predicted molar refractivity (Wildman–Crippen MR) is 95.7 cm³/mol. The van der Waals surface area contributed by atoms with E-state index in [1.54, 1.807) is 18.2 Å². The molecule has 0 radical (unpaired) electrons. The van der Waals surface area contributed by atoms with Gasteiger partial charge in [-0.3, -0.25) is 9.71 Å². The van der Waals surface area contributed by atoms with Crippen molar-refractivity contribution in [2.24, 2.45) is 0 Å². The lowest BCUT2D eigenvalue weighted by molar-refractivity contribution is 0.601. The summed E-state index contributed by atoms with van der Waals surface area (Å²) in [5, 5.41) is 0. The summed E-state index contributed by atoms with van der Waals surface area (Å²) in [6.45, 7) is 0. The van der Waals surface area contributed by atoms with Gasteiger partial charge in [0, 0.05) is 30.4 Å². The maximum atomic E-state index is 12.6. The van der Waals surface area contributed by atoms with Gasteiger partial charge in [0.15, 0.2) is 0 Å². The Morgan fingerprint density at radius 2 is 1.80 bits per heavy atom. The number of pyridine rings is 2. The van der Waals surface area contributed by atoms with E-state index in [0.29, 0.717) is 16.9 Å². The molecule has 0 aliphatic heterocycles. The summed E-state index contributed by atoms with van der Waals surface area (Å²) in [6.07, 6.45) is 6.61. The first-order valence-electron chi connectivity index (χ1n) is 7.59. The number of rotatable bonds is 4. The number of imidazole rings is 1. The lowest BCUT2D eigenvalue weighted by Gasteiger charge is -2.11. The van der Waals surface area contributed by atoms with E-state index < -0.39 is 10.0 Å². The zero-order valence-corrected chi connectivity index (χ0v) is 13.9. The number of benzene rings is 1. The second kappa shape index (κ2) is 6.03. The van der Waals surface area contributed by atoms with Crippen molar-refractivity contribution in [3.8, 4) is 11.3 Å². The molecule has 0 unspecified atom stereocenters. The molecule has 0 aliphatic carbocycles. The van der Waals surface area contributed by atoms with Gasteiger partial charge in [0.25, 0.3) is 10.0 Å². The van der Waals surface area contributed by atoms with Gasteiger partial charge in [0.1, 0.15) is 10.5 Å². The van der Waals surface area contributed by atoms with Gasteiger partial charge in [0.05, 0.1) is 11.4 Å². The van der Waals surface area contributed by atoms with Crippen LogP contribution in [-0.2, 0) is 10.0 Å². The summed E-state index contributed by atoms with van der Waals surface area (Å²) in [7, 11) is -3.72. The van der Waals surface area contributed by atoms with Crippen molar-refractivity contribution in [3.63, 3.8) is 0 Å². The second-order valence-corrected chi connectivity index (χ2v) is 7.11. The van der Waals surface area contributed by atoms with Crippen LogP contribution < -0.4 is 4.72 Å². The fraction of sp³-hybridized carbons (Fsp3) is 0. The largest absolute Gasteiger partial charge is 0.306 e. The maximum absolute atomic E-state index is 12.6. The van der Waals surface area contributed by atoms with Crippen LogP contribution in [0.2, 0.25) is 0 Å². The number of nitrogens with zero attached hydrogens (tertiary/aromatic N) is 3. The Morgan fingerprint density at radius 1 is 0.960 bits per heavy atom. The van der Waals surface area contributed by atoms with E-state index in [1.807, 2.05) is 47.1 Å². The van der Waals surface area contributed by atoms with Crippen LogP contribution in [0.3, 0.4) is 0 Å². The smallest absolute Gasteiger partial charge is 0.263 e. The molecule has 1 N–H and O–H groups in total.